The van der Waals surface area contributed by atoms with Crippen molar-refractivity contribution < 1.29 is 19.4 Å². The molecule has 6 rings (SSSR count). The first-order valence-corrected chi connectivity index (χ1v) is 12.9. The van der Waals surface area contributed by atoms with Crippen molar-refractivity contribution in [2.45, 2.75) is 52.4 Å². The third kappa shape index (κ3) is 3.36. The van der Waals surface area contributed by atoms with Gasteiger partial charge < -0.3 is 9.84 Å². The molecule has 4 aromatic rings. The van der Waals surface area contributed by atoms with Crippen LogP contribution in [0.3, 0.4) is 0 Å². The lowest BCUT2D eigenvalue weighted by atomic mass is 9.73. The molecule has 0 radical (unpaired) electrons. The Morgan fingerprint density at radius 1 is 0.737 bits per heavy atom. The van der Waals surface area contributed by atoms with E-state index in [0.29, 0.717) is 5.75 Å². The fourth-order valence-corrected chi connectivity index (χ4v) is 5.96. The third-order valence-corrected chi connectivity index (χ3v) is 8.29. The van der Waals surface area contributed by atoms with Crippen LogP contribution in [0.1, 0.15) is 61.1 Å². The minimum Gasteiger partial charge on any atom is -0.504 e. The molecule has 2 aliphatic rings. The molecule has 4 nitrogen and oxygen atoms in total. The first-order chi connectivity index (χ1) is 17.9. The molecule has 4 aromatic carbocycles. The van der Waals surface area contributed by atoms with Crippen LogP contribution in [0.25, 0.3) is 33.7 Å². The van der Waals surface area contributed by atoms with E-state index in [-0.39, 0.29) is 17.3 Å². The minimum atomic E-state index is -0.823. The van der Waals surface area contributed by atoms with E-state index in [1.807, 2.05) is 71.9 Å². The van der Waals surface area contributed by atoms with Crippen molar-refractivity contribution >= 4 is 45.3 Å². The maximum atomic E-state index is 12.7. The fraction of sp³-hybridized carbons (Fsp3) is 0.235. The van der Waals surface area contributed by atoms with Gasteiger partial charge in [-0.15, -0.1) is 0 Å². The number of carbonyl (C=O) groups is 2. The molecule has 0 amide bonds. The van der Waals surface area contributed by atoms with Crippen LogP contribution in [0.15, 0.2) is 60.4 Å². The molecule has 0 aliphatic heterocycles. The third-order valence-electron chi connectivity index (χ3n) is 8.29. The predicted molar refractivity (Wildman–Crippen MR) is 153 cm³/mol. The van der Waals surface area contributed by atoms with E-state index in [1.54, 1.807) is 12.2 Å². The Balaban J connectivity index is 1.58. The van der Waals surface area contributed by atoms with Gasteiger partial charge in [0.15, 0.2) is 11.5 Å². The van der Waals surface area contributed by atoms with E-state index in [2.05, 4.69) is 24.3 Å². The van der Waals surface area contributed by atoms with E-state index in [4.69, 9.17) is 4.74 Å². The largest absolute Gasteiger partial charge is 0.504 e. The summed E-state index contributed by atoms with van der Waals surface area (Å²) in [5, 5.41) is 14.4. The Kier molecular flexibility index (Phi) is 5.03. The maximum absolute atomic E-state index is 12.7. The zero-order valence-electron chi connectivity index (χ0n) is 22.5. The number of hydrogen-bond acceptors (Lipinski definition) is 4. The number of aryl methyl sites for hydroxylation is 2. The Morgan fingerprint density at radius 2 is 1.42 bits per heavy atom. The number of allylic oxidation sites excluding steroid dienone is 2. The number of rotatable bonds is 2. The highest BCUT2D eigenvalue weighted by molar-refractivity contribution is 6.11. The van der Waals surface area contributed by atoms with Gasteiger partial charge in [0.05, 0.1) is 10.8 Å². The van der Waals surface area contributed by atoms with Crippen LogP contribution in [-0.4, -0.2) is 16.7 Å². The van der Waals surface area contributed by atoms with Crippen molar-refractivity contribution in [2.24, 2.45) is 0 Å². The summed E-state index contributed by atoms with van der Waals surface area (Å²) >= 11 is 0. The number of ether oxygens (including phenoxy) is 1. The Bertz CT molecular complexity index is 1800. The fourth-order valence-electron chi connectivity index (χ4n) is 5.96. The number of aliphatic hydroxyl groups is 1. The topological polar surface area (TPSA) is 63.6 Å². The normalized spacial score (nSPS) is 17.4. The quantitative estimate of drug-likeness (QED) is 0.301. The molecule has 38 heavy (non-hydrogen) atoms. The molecule has 0 bridgehead atoms. The Morgan fingerprint density at radius 3 is 2.16 bits per heavy atom. The molecule has 0 saturated carbocycles. The molecular formula is C34H30O4. The smallest absolute Gasteiger partial charge is 0.207 e. The molecule has 4 heteroatoms. The number of Topliss-reactive ketones (excluding diaryl/α,β-unsaturated/α-hetero) is 1. The second-order valence-corrected chi connectivity index (χ2v) is 11.7. The molecule has 2 aliphatic carbocycles. The molecule has 0 atom stereocenters. The van der Waals surface area contributed by atoms with Crippen LogP contribution < -0.4 is 4.74 Å². The molecule has 0 aromatic heterocycles. The van der Waals surface area contributed by atoms with Gasteiger partial charge in [-0.3, -0.25) is 9.59 Å². The molecule has 0 saturated heterocycles. The highest BCUT2D eigenvalue weighted by Crippen LogP contribution is 2.44. The molecule has 0 unspecified atom stereocenters. The lowest BCUT2D eigenvalue weighted by Crippen LogP contribution is -2.33. The highest BCUT2D eigenvalue weighted by Gasteiger charge is 2.38. The summed E-state index contributed by atoms with van der Waals surface area (Å²) < 4.78 is 6.69. The maximum Gasteiger partial charge on any atom is 0.207 e. The molecule has 0 fully saturated rings. The lowest BCUT2D eigenvalue weighted by Gasteiger charge is -2.30. The van der Waals surface area contributed by atoms with Crippen molar-refractivity contribution in [2.75, 3.05) is 0 Å². The second-order valence-electron chi connectivity index (χ2n) is 11.7. The van der Waals surface area contributed by atoms with Crippen molar-refractivity contribution in [3.8, 4) is 11.5 Å². The summed E-state index contributed by atoms with van der Waals surface area (Å²) in [6.45, 7) is 11.7. The number of benzene rings is 4. The Labute approximate surface area is 222 Å². The summed E-state index contributed by atoms with van der Waals surface area (Å²) in [6.07, 6.45) is 5.15. The standard InChI is InChI=1S/C34H30O4/c1-18-13-21-8-11-25-22(9-12-30(36)33(25,3)4)31(21)29(14-18)38-28-17-23-20(15-19(28)2)7-10-26-24(23)16-27(35)32(37)34(26,5)6/h7-17,35H,1-6H3. The first kappa shape index (κ1) is 24.2. The average Bonchev–Trinajstić information content (AvgIpc) is 2.85. The van der Waals surface area contributed by atoms with E-state index in [9.17, 15) is 14.7 Å². The van der Waals surface area contributed by atoms with Crippen molar-refractivity contribution in [1.29, 1.82) is 0 Å². The predicted octanol–water partition coefficient (Wildman–Crippen LogP) is 8.03. The number of aliphatic hydroxyl groups excluding tert-OH is 1. The highest BCUT2D eigenvalue weighted by atomic mass is 16.5. The van der Waals surface area contributed by atoms with Crippen LogP contribution >= 0.6 is 0 Å². The van der Waals surface area contributed by atoms with E-state index in [1.165, 1.54) is 0 Å². The monoisotopic (exact) mass is 502 g/mol. The van der Waals surface area contributed by atoms with Crippen molar-refractivity contribution in [3.63, 3.8) is 0 Å². The second kappa shape index (κ2) is 7.91. The van der Waals surface area contributed by atoms with Gasteiger partial charge in [0, 0.05) is 5.39 Å². The zero-order valence-corrected chi connectivity index (χ0v) is 22.5. The number of carbonyl (C=O) groups excluding carboxylic acids is 2. The summed E-state index contributed by atoms with van der Waals surface area (Å²) in [4.78, 5) is 25.3. The molecule has 1 N–H and O–H groups in total. The van der Waals surface area contributed by atoms with Gasteiger partial charge >= 0.3 is 0 Å². The van der Waals surface area contributed by atoms with Gasteiger partial charge in [0.1, 0.15) is 11.5 Å². The number of hydrogen-bond donors (Lipinski definition) is 1. The average molecular weight is 503 g/mol. The first-order valence-electron chi connectivity index (χ1n) is 12.9. The zero-order chi connectivity index (χ0) is 27.1. The van der Waals surface area contributed by atoms with Crippen molar-refractivity contribution in [1.82, 2.24) is 0 Å². The van der Waals surface area contributed by atoms with Gasteiger partial charge in [-0.25, -0.2) is 0 Å². The van der Waals surface area contributed by atoms with Crippen LogP contribution in [0, 0.1) is 13.8 Å². The van der Waals surface area contributed by atoms with Crippen LogP contribution in [0.5, 0.6) is 11.5 Å². The van der Waals surface area contributed by atoms with Gasteiger partial charge in [-0.05, 0) is 121 Å². The summed E-state index contributed by atoms with van der Waals surface area (Å²) in [5.41, 5.74) is 4.33. The Hall–Kier alpha value is -4.18. The molecule has 0 heterocycles. The van der Waals surface area contributed by atoms with E-state index >= 15 is 0 Å². The summed E-state index contributed by atoms with van der Waals surface area (Å²) in [5.74, 6) is 1.02. The van der Waals surface area contributed by atoms with Crippen LogP contribution in [0.4, 0.5) is 0 Å². The van der Waals surface area contributed by atoms with Gasteiger partial charge in [0.2, 0.25) is 5.78 Å². The number of ketones is 2. The number of fused-ring (bicyclic) bond motifs is 6. The van der Waals surface area contributed by atoms with Gasteiger partial charge in [-0.2, -0.15) is 0 Å². The molecular weight excluding hydrogens is 472 g/mol. The summed E-state index contributed by atoms with van der Waals surface area (Å²) in [7, 11) is 0. The van der Waals surface area contributed by atoms with Crippen LogP contribution in [-0.2, 0) is 20.4 Å². The molecule has 190 valence electrons. The molecule has 0 spiro atoms. The summed E-state index contributed by atoms with van der Waals surface area (Å²) in [6, 6.07) is 16.4. The van der Waals surface area contributed by atoms with Gasteiger partial charge in [-0.1, -0.05) is 36.4 Å². The lowest BCUT2D eigenvalue weighted by molar-refractivity contribution is -0.122. The van der Waals surface area contributed by atoms with Crippen molar-refractivity contribution in [3.05, 3.63) is 93.7 Å². The van der Waals surface area contributed by atoms with Crippen LogP contribution in [0.2, 0.25) is 0 Å². The van der Waals surface area contributed by atoms with E-state index in [0.717, 1.165) is 60.7 Å². The van der Waals surface area contributed by atoms with Gasteiger partial charge in [0.25, 0.3) is 0 Å². The SMILES string of the molecule is Cc1cc(Oc2cc3c4c(ccc3cc2C)C(C)(C)C(=O)C(O)=C4)c2c3c(ccc2c1)C(C)(C)C(=O)C=C3. The van der Waals surface area contributed by atoms with E-state index < -0.39 is 10.8 Å². The minimum absolute atomic E-state index is 0.0896.